The molecule has 0 amide bonds. The van der Waals surface area contributed by atoms with E-state index in [0.29, 0.717) is 22.5 Å². The normalized spacial score (nSPS) is 11.0. The molecule has 0 saturated carbocycles. The first-order chi connectivity index (χ1) is 12.6. The van der Waals surface area contributed by atoms with Gasteiger partial charge in [-0.25, -0.2) is 4.39 Å². The predicted molar refractivity (Wildman–Crippen MR) is 102 cm³/mol. The molecule has 4 aromatic rings. The van der Waals surface area contributed by atoms with E-state index in [1.807, 2.05) is 42.5 Å². The summed E-state index contributed by atoms with van der Waals surface area (Å²) in [5, 5.41) is 6.63. The van der Waals surface area contributed by atoms with Gasteiger partial charge in [-0.15, -0.1) is 0 Å². The van der Waals surface area contributed by atoms with Crippen molar-refractivity contribution in [3.05, 3.63) is 105 Å². The van der Waals surface area contributed by atoms with E-state index in [0.717, 1.165) is 16.6 Å². The molecule has 0 aliphatic carbocycles. The maximum atomic E-state index is 13.2. The van der Waals surface area contributed by atoms with Crippen molar-refractivity contribution in [2.45, 2.75) is 6.42 Å². The van der Waals surface area contributed by atoms with Crippen molar-refractivity contribution >= 4 is 22.4 Å². The molecule has 0 atom stereocenters. The van der Waals surface area contributed by atoms with Crippen LogP contribution in [0.1, 0.15) is 11.3 Å². The standard InChI is InChI=1S/C21H14ClFN2O/c22-15-7-5-14(6-8-15)13-20-18-3-1-2-4-19(18)21(26)25(24-20)17-11-9-16(23)10-12-17/h1-12H,13H2. The average molecular weight is 365 g/mol. The Hall–Kier alpha value is -2.98. The first kappa shape index (κ1) is 16.5. The predicted octanol–water partition coefficient (Wildman–Crippen LogP) is 4.77. The van der Waals surface area contributed by atoms with Crippen LogP contribution in [0.25, 0.3) is 16.5 Å². The second-order valence-corrected chi connectivity index (χ2v) is 6.43. The number of halogens is 2. The van der Waals surface area contributed by atoms with Gasteiger partial charge >= 0.3 is 0 Å². The summed E-state index contributed by atoms with van der Waals surface area (Å²) in [6.07, 6.45) is 0.555. The lowest BCUT2D eigenvalue weighted by Crippen LogP contribution is -2.23. The molecule has 0 N–H and O–H groups in total. The topological polar surface area (TPSA) is 34.9 Å². The maximum Gasteiger partial charge on any atom is 0.279 e. The Morgan fingerprint density at radius 1 is 0.885 bits per heavy atom. The SMILES string of the molecule is O=c1c2ccccc2c(Cc2ccc(Cl)cc2)nn1-c1ccc(F)cc1. The van der Waals surface area contributed by atoms with Crippen LogP contribution in [-0.2, 0) is 6.42 Å². The Morgan fingerprint density at radius 2 is 1.54 bits per heavy atom. The third kappa shape index (κ3) is 3.11. The lowest BCUT2D eigenvalue weighted by atomic mass is 10.0. The Kier molecular flexibility index (Phi) is 4.27. The van der Waals surface area contributed by atoms with Crippen molar-refractivity contribution in [1.82, 2.24) is 9.78 Å². The molecule has 5 heteroatoms. The smallest absolute Gasteiger partial charge is 0.267 e. The summed E-state index contributed by atoms with van der Waals surface area (Å²) in [7, 11) is 0. The van der Waals surface area contributed by atoms with Gasteiger partial charge in [0.05, 0.1) is 16.8 Å². The summed E-state index contributed by atoms with van der Waals surface area (Å²) in [5.74, 6) is -0.357. The van der Waals surface area contributed by atoms with Gasteiger partial charge in [-0.05, 0) is 48.0 Å². The zero-order valence-corrected chi connectivity index (χ0v) is 14.4. The Labute approximate surface area is 154 Å². The molecule has 0 aliphatic rings. The molecule has 0 unspecified atom stereocenters. The molecule has 3 aromatic carbocycles. The maximum absolute atomic E-state index is 13.2. The third-order valence-electron chi connectivity index (χ3n) is 4.24. The van der Waals surface area contributed by atoms with Crippen LogP contribution >= 0.6 is 11.6 Å². The summed E-state index contributed by atoms with van der Waals surface area (Å²) in [6, 6.07) is 20.6. The highest BCUT2D eigenvalue weighted by Gasteiger charge is 2.12. The summed E-state index contributed by atoms with van der Waals surface area (Å²) in [6.45, 7) is 0. The highest BCUT2D eigenvalue weighted by atomic mass is 35.5. The number of nitrogens with zero attached hydrogens (tertiary/aromatic N) is 2. The molecule has 0 saturated heterocycles. The first-order valence-electron chi connectivity index (χ1n) is 8.13. The molecule has 0 fully saturated rings. The summed E-state index contributed by atoms with van der Waals surface area (Å²) in [5.41, 5.74) is 2.11. The summed E-state index contributed by atoms with van der Waals surface area (Å²) < 4.78 is 14.6. The highest BCUT2D eigenvalue weighted by molar-refractivity contribution is 6.30. The fraction of sp³-hybridized carbons (Fsp3) is 0.0476. The van der Waals surface area contributed by atoms with Crippen LogP contribution in [0, 0.1) is 5.82 Å². The van der Waals surface area contributed by atoms with Crippen molar-refractivity contribution < 1.29 is 4.39 Å². The number of rotatable bonds is 3. The fourth-order valence-corrected chi connectivity index (χ4v) is 3.06. The second-order valence-electron chi connectivity index (χ2n) is 5.99. The van der Waals surface area contributed by atoms with Gasteiger partial charge in [0.25, 0.3) is 5.56 Å². The van der Waals surface area contributed by atoms with E-state index in [2.05, 4.69) is 5.10 Å². The molecule has 0 aliphatic heterocycles. The molecule has 3 nitrogen and oxygen atoms in total. The van der Waals surface area contributed by atoms with Crippen LogP contribution in [0.3, 0.4) is 0 Å². The fourth-order valence-electron chi connectivity index (χ4n) is 2.94. The monoisotopic (exact) mass is 364 g/mol. The van der Waals surface area contributed by atoms with E-state index in [9.17, 15) is 9.18 Å². The van der Waals surface area contributed by atoms with Crippen molar-refractivity contribution in [1.29, 1.82) is 0 Å². The molecule has 4 rings (SSSR count). The number of benzene rings is 3. The molecular weight excluding hydrogens is 351 g/mol. The third-order valence-corrected chi connectivity index (χ3v) is 4.49. The second kappa shape index (κ2) is 6.73. The molecular formula is C21H14ClFN2O. The average Bonchev–Trinajstić information content (AvgIpc) is 2.67. The number of hydrogen-bond acceptors (Lipinski definition) is 2. The van der Waals surface area contributed by atoms with Gasteiger partial charge in [0.2, 0.25) is 0 Å². The van der Waals surface area contributed by atoms with Crippen LogP contribution in [0.2, 0.25) is 5.02 Å². The van der Waals surface area contributed by atoms with E-state index in [1.165, 1.54) is 16.8 Å². The minimum atomic E-state index is -0.357. The van der Waals surface area contributed by atoms with Crippen LogP contribution in [0.15, 0.2) is 77.6 Å². The Balaban J connectivity index is 1.91. The van der Waals surface area contributed by atoms with Crippen molar-refractivity contribution in [2.24, 2.45) is 0 Å². The molecule has 1 aromatic heterocycles. The summed E-state index contributed by atoms with van der Waals surface area (Å²) >= 11 is 5.96. The number of aromatic nitrogens is 2. The van der Waals surface area contributed by atoms with E-state index >= 15 is 0 Å². The molecule has 0 radical (unpaired) electrons. The van der Waals surface area contributed by atoms with Gasteiger partial charge in [0, 0.05) is 16.8 Å². The van der Waals surface area contributed by atoms with Crippen molar-refractivity contribution in [3.8, 4) is 5.69 Å². The minimum Gasteiger partial charge on any atom is -0.267 e. The zero-order valence-electron chi connectivity index (χ0n) is 13.7. The van der Waals surface area contributed by atoms with Gasteiger partial charge in [-0.2, -0.15) is 9.78 Å². The Bertz CT molecular complexity index is 1140. The van der Waals surface area contributed by atoms with Gasteiger partial charge in [-0.1, -0.05) is 41.9 Å². The lowest BCUT2D eigenvalue weighted by Gasteiger charge is -2.11. The number of fused-ring (bicyclic) bond motifs is 1. The summed E-state index contributed by atoms with van der Waals surface area (Å²) in [4.78, 5) is 12.9. The molecule has 1 heterocycles. The van der Waals surface area contributed by atoms with E-state index < -0.39 is 0 Å². The molecule has 128 valence electrons. The van der Waals surface area contributed by atoms with Crippen LogP contribution in [0.5, 0.6) is 0 Å². The van der Waals surface area contributed by atoms with Gasteiger partial charge in [0.1, 0.15) is 5.82 Å². The molecule has 0 bridgehead atoms. The quantitative estimate of drug-likeness (QED) is 0.525. The van der Waals surface area contributed by atoms with E-state index in [1.54, 1.807) is 18.2 Å². The van der Waals surface area contributed by atoms with E-state index in [-0.39, 0.29) is 11.4 Å². The van der Waals surface area contributed by atoms with Crippen molar-refractivity contribution in [3.63, 3.8) is 0 Å². The van der Waals surface area contributed by atoms with Gasteiger partial charge in [0.15, 0.2) is 0 Å². The van der Waals surface area contributed by atoms with Crippen LogP contribution in [0.4, 0.5) is 4.39 Å². The molecule has 26 heavy (non-hydrogen) atoms. The van der Waals surface area contributed by atoms with Gasteiger partial charge in [-0.3, -0.25) is 4.79 Å². The van der Waals surface area contributed by atoms with Crippen LogP contribution < -0.4 is 5.56 Å². The number of hydrogen-bond donors (Lipinski definition) is 0. The van der Waals surface area contributed by atoms with Crippen LogP contribution in [-0.4, -0.2) is 9.78 Å². The van der Waals surface area contributed by atoms with Gasteiger partial charge < -0.3 is 0 Å². The minimum absolute atomic E-state index is 0.230. The highest BCUT2D eigenvalue weighted by Crippen LogP contribution is 2.19. The van der Waals surface area contributed by atoms with Crippen molar-refractivity contribution in [2.75, 3.05) is 0 Å². The zero-order chi connectivity index (χ0) is 18.1. The largest absolute Gasteiger partial charge is 0.279 e. The van der Waals surface area contributed by atoms with E-state index in [4.69, 9.17) is 11.6 Å². The lowest BCUT2D eigenvalue weighted by molar-refractivity contribution is 0.626. The first-order valence-corrected chi connectivity index (χ1v) is 8.51. The molecule has 0 spiro atoms. The Morgan fingerprint density at radius 3 is 2.23 bits per heavy atom.